The molecular weight excluding hydrogens is 272 g/mol. The van der Waals surface area contributed by atoms with Crippen molar-refractivity contribution in [2.24, 2.45) is 5.73 Å². The third-order valence-electron chi connectivity index (χ3n) is 2.47. The van der Waals surface area contributed by atoms with Gasteiger partial charge in [0.25, 0.3) is 0 Å². The van der Waals surface area contributed by atoms with Gasteiger partial charge in [0.05, 0.1) is 4.90 Å². The standard InChI is InChI=1S/C11H16N2O3S2/c1-13(7-4-8-14)18(15,16)10-6-3-2-5-9(10)11(12)17/h2-3,5-6,14H,4,7-8H2,1H3,(H2,12,17). The molecule has 0 saturated carbocycles. The quantitative estimate of drug-likeness (QED) is 0.737. The zero-order valence-electron chi connectivity index (χ0n) is 10.0. The molecule has 7 heteroatoms. The molecule has 5 nitrogen and oxygen atoms in total. The maximum atomic E-state index is 12.3. The number of rotatable bonds is 6. The largest absolute Gasteiger partial charge is 0.396 e. The van der Waals surface area contributed by atoms with Gasteiger partial charge < -0.3 is 10.8 Å². The van der Waals surface area contributed by atoms with Gasteiger partial charge in [0.15, 0.2) is 0 Å². The fourth-order valence-electron chi connectivity index (χ4n) is 1.48. The van der Waals surface area contributed by atoms with Gasteiger partial charge in [-0.2, -0.15) is 0 Å². The van der Waals surface area contributed by atoms with E-state index in [0.29, 0.717) is 12.0 Å². The number of sulfonamides is 1. The summed E-state index contributed by atoms with van der Waals surface area (Å²) >= 11 is 4.85. The SMILES string of the molecule is CN(CCCO)S(=O)(=O)c1ccccc1C(N)=S. The fourth-order valence-corrected chi connectivity index (χ4v) is 3.13. The van der Waals surface area contributed by atoms with Crippen LogP contribution in [0.15, 0.2) is 29.2 Å². The van der Waals surface area contributed by atoms with Crippen LogP contribution in [0.1, 0.15) is 12.0 Å². The van der Waals surface area contributed by atoms with E-state index in [2.05, 4.69) is 0 Å². The number of hydrogen-bond acceptors (Lipinski definition) is 4. The second-order valence-corrected chi connectivity index (χ2v) is 6.22. The Morgan fingerprint density at radius 2 is 2.06 bits per heavy atom. The van der Waals surface area contributed by atoms with E-state index in [1.165, 1.54) is 17.4 Å². The van der Waals surface area contributed by atoms with Crippen LogP contribution < -0.4 is 5.73 Å². The van der Waals surface area contributed by atoms with Crippen LogP contribution in [-0.2, 0) is 10.0 Å². The van der Waals surface area contributed by atoms with E-state index in [1.54, 1.807) is 18.2 Å². The Morgan fingerprint density at radius 3 is 2.61 bits per heavy atom. The predicted octanol–water partition coefficient (Wildman–Crippen LogP) is 0.324. The van der Waals surface area contributed by atoms with Crippen LogP contribution in [0.2, 0.25) is 0 Å². The van der Waals surface area contributed by atoms with Crippen molar-refractivity contribution in [3.05, 3.63) is 29.8 Å². The summed E-state index contributed by atoms with van der Waals surface area (Å²) in [4.78, 5) is 0.141. The number of benzene rings is 1. The number of nitrogens with zero attached hydrogens (tertiary/aromatic N) is 1. The summed E-state index contributed by atoms with van der Waals surface area (Å²) in [5.41, 5.74) is 5.86. The summed E-state index contributed by atoms with van der Waals surface area (Å²) in [6, 6.07) is 6.35. The summed E-state index contributed by atoms with van der Waals surface area (Å²) in [5, 5.41) is 8.73. The number of aliphatic hydroxyl groups excluding tert-OH is 1. The molecule has 0 atom stereocenters. The highest BCUT2D eigenvalue weighted by molar-refractivity contribution is 7.89. The summed E-state index contributed by atoms with van der Waals surface area (Å²) in [6.07, 6.45) is 0.380. The number of hydrogen-bond donors (Lipinski definition) is 2. The zero-order chi connectivity index (χ0) is 13.8. The minimum atomic E-state index is -3.63. The first-order valence-electron chi connectivity index (χ1n) is 5.37. The van der Waals surface area contributed by atoms with Gasteiger partial charge in [-0.1, -0.05) is 30.4 Å². The van der Waals surface area contributed by atoms with Crippen LogP contribution in [0.5, 0.6) is 0 Å². The molecule has 0 heterocycles. The Hall–Kier alpha value is -1.02. The Bertz CT molecular complexity index is 529. The van der Waals surface area contributed by atoms with Gasteiger partial charge in [-0.05, 0) is 12.5 Å². The highest BCUT2D eigenvalue weighted by Gasteiger charge is 2.23. The molecule has 1 aromatic carbocycles. The zero-order valence-corrected chi connectivity index (χ0v) is 11.7. The topological polar surface area (TPSA) is 83.6 Å². The second kappa shape index (κ2) is 6.24. The fraction of sp³-hybridized carbons (Fsp3) is 0.364. The van der Waals surface area contributed by atoms with E-state index in [-0.39, 0.29) is 23.0 Å². The molecule has 3 N–H and O–H groups in total. The minimum absolute atomic E-state index is 0.0460. The lowest BCUT2D eigenvalue weighted by molar-refractivity contribution is 0.275. The Morgan fingerprint density at radius 1 is 1.44 bits per heavy atom. The minimum Gasteiger partial charge on any atom is -0.396 e. The summed E-state index contributed by atoms with van der Waals surface area (Å²) in [6.45, 7) is 0.182. The summed E-state index contributed by atoms with van der Waals surface area (Å²) in [7, 11) is -2.17. The molecule has 0 saturated heterocycles. The number of thiocarbonyl (C=S) groups is 1. The molecule has 0 unspecified atom stereocenters. The van der Waals surface area contributed by atoms with Crippen molar-refractivity contribution >= 4 is 27.2 Å². The maximum Gasteiger partial charge on any atom is 0.243 e. The van der Waals surface area contributed by atoms with Gasteiger partial charge in [-0.25, -0.2) is 12.7 Å². The average Bonchev–Trinajstić information content (AvgIpc) is 2.35. The van der Waals surface area contributed by atoms with E-state index in [0.717, 1.165) is 0 Å². The molecule has 0 radical (unpaired) electrons. The van der Waals surface area contributed by atoms with Crippen molar-refractivity contribution in [3.63, 3.8) is 0 Å². The summed E-state index contributed by atoms with van der Waals surface area (Å²) < 4.78 is 25.8. The summed E-state index contributed by atoms with van der Waals surface area (Å²) in [5.74, 6) is 0. The van der Waals surface area contributed by atoms with E-state index in [1.807, 2.05) is 0 Å². The van der Waals surface area contributed by atoms with Gasteiger partial charge in [-0.15, -0.1) is 0 Å². The van der Waals surface area contributed by atoms with Gasteiger partial charge in [0.2, 0.25) is 10.0 Å². The van der Waals surface area contributed by atoms with Crippen molar-refractivity contribution in [3.8, 4) is 0 Å². The molecule has 0 aromatic heterocycles. The Kier molecular flexibility index (Phi) is 5.21. The molecular formula is C11H16N2O3S2. The maximum absolute atomic E-state index is 12.3. The van der Waals surface area contributed by atoms with Crippen molar-refractivity contribution in [2.45, 2.75) is 11.3 Å². The van der Waals surface area contributed by atoms with E-state index in [4.69, 9.17) is 23.1 Å². The van der Waals surface area contributed by atoms with E-state index in [9.17, 15) is 8.42 Å². The molecule has 1 rings (SSSR count). The van der Waals surface area contributed by atoms with Crippen LogP contribution >= 0.6 is 12.2 Å². The van der Waals surface area contributed by atoms with Gasteiger partial charge in [0.1, 0.15) is 4.99 Å². The molecule has 18 heavy (non-hydrogen) atoms. The molecule has 0 aliphatic heterocycles. The highest BCUT2D eigenvalue weighted by Crippen LogP contribution is 2.19. The van der Waals surface area contributed by atoms with Crippen LogP contribution in [-0.4, -0.2) is 43.0 Å². The molecule has 0 aliphatic rings. The predicted molar refractivity (Wildman–Crippen MR) is 73.8 cm³/mol. The lowest BCUT2D eigenvalue weighted by Crippen LogP contribution is -2.30. The molecule has 100 valence electrons. The lowest BCUT2D eigenvalue weighted by Gasteiger charge is -2.18. The van der Waals surface area contributed by atoms with Crippen LogP contribution in [0.3, 0.4) is 0 Å². The van der Waals surface area contributed by atoms with Crippen LogP contribution in [0.25, 0.3) is 0 Å². The van der Waals surface area contributed by atoms with E-state index >= 15 is 0 Å². The smallest absolute Gasteiger partial charge is 0.243 e. The third kappa shape index (κ3) is 3.26. The highest BCUT2D eigenvalue weighted by atomic mass is 32.2. The van der Waals surface area contributed by atoms with Gasteiger partial charge in [-0.3, -0.25) is 0 Å². The molecule has 0 amide bonds. The normalized spacial score (nSPS) is 11.7. The monoisotopic (exact) mass is 288 g/mol. The van der Waals surface area contributed by atoms with Crippen molar-refractivity contribution < 1.29 is 13.5 Å². The van der Waals surface area contributed by atoms with Crippen LogP contribution in [0, 0.1) is 0 Å². The lowest BCUT2D eigenvalue weighted by atomic mass is 10.2. The molecule has 0 bridgehead atoms. The van der Waals surface area contributed by atoms with Gasteiger partial charge >= 0.3 is 0 Å². The van der Waals surface area contributed by atoms with Crippen molar-refractivity contribution in [1.82, 2.24) is 4.31 Å². The molecule has 0 aliphatic carbocycles. The first-order chi connectivity index (χ1) is 8.41. The van der Waals surface area contributed by atoms with Gasteiger partial charge in [0, 0.05) is 25.8 Å². The van der Waals surface area contributed by atoms with Crippen molar-refractivity contribution in [1.29, 1.82) is 0 Å². The Labute approximate surface area is 112 Å². The molecule has 0 fully saturated rings. The number of nitrogens with two attached hydrogens (primary N) is 1. The molecule has 1 aromatic rings. The van der Waals surface area contributed by atoms with E-state index < -0.39 is 10.0 Å². The van der Waals surface area contributed by atoms with Crippen molar-refractivity contribution in [2.75, 3.05) is 20.2 Å². The second-order valence-electron chi connectivity index (χ2n) is 3.76. The third-order valence-corrected chi connectivity index (χ3v) is 4.61. The number of aliphatic hydroxyl groups is 1. The molecule has 0 spiro atoms. The first-order valence-corrected chi connectivity index (χ1v) is 7.22. The van der Waals surface area contributed by atoms with Crippen LogP contribution in [0.4, 0.5) is 0 Å². The average molecular weight is 288 g/mol. The first kappa shape index (κ1) is 15.0. The Balaban J connectivity index is 3.16.